The average molecular weight is 655 g/mol. The third-order valence-corrected chi connectivity index (χ3v) is 10.2. The molecule has 0 spiro atoms. The molecule has 0 bridgehead atoms. The second kappa shape index (κ2) is 12.2. The normalized spacial score (nSPS) is 12.8. The molecule has 0 aliphatic carbocycles. The van der Waals surface area contributed by atoms with Crippen LogP contribution in [0, 0.1) is 0 Å². The Kier molecular flexibility index (Phi) is 6.08. The van der Waals surface area contributed by atoms with Crippen molar-refractivity contribution in [1.29, 1.82) is 0 Å². The summed E-state index contributed by atoms with van der Waals surface area (Å²) in [5.41, 5.74) is 8.50. The van der Waals surface area contributed by atoms with Gasteiger partial charge in [0.1, 0.15) is 11.2 Å². The van der Waals surface area contributed by atoms with Gasteiger partial charge in [0.25, 0.3) is 0 Å². The Morgan fingerprint density at radius 2 is 0.980 bits per heavy atom. The topological polar surface area (TPSA) is 13.1 Å². The Morgan fingerprint density at radius 1 is 0.431 bits per heavy atom. The Balaban J connectivity index is 1.09. The van der Waals surface area contributed by atoms with E-state index in [0.29, 0.717) is 16.7 Å². The first-order valence-electron chi connectivity index (χ1n) is 19.4. The van der Waals surface area contributed by atoms with E-state index in [-0.39, 0.29) is 37.0 Å². The highest BCUT2D eigenvalue weighted by Crippen LogP contribution is 2.42. The first-order valence-corrected chi connectivity index (χ1v) is 17.4. The maximum Gasteiger partial charge on any atom is 0.138 e. The molecule has 0 saturated carbocycles. The van der Waals surface area contributed by atoms with Crippen molar-refractivity contribution < 1.29 is 9.90 Å². The van der Waals surface area contributed by atoms with E-state index in [0.717, 1.165) is 71.3 Å². The molecule has 0 saturated heterocycles. The summed E-state index contributed by atoms with van der Waals surface area (Å²) in [6.45, 7) is 0. The fraction of sp³-hybridized carbons (Fsp3) is 0.0400. The summed E-state index contributed by atoms with van der Waals surface area (Å²) in [7, 11) is 0. The summed E-state index contributed by atoms with van der Waals surface area (Å²) in [6.07, 6.45) is 0.468. The fourth-order valence-electron chi connectivity index (χ4n) is 7.96. The van der Waals surface area contributed by atoms with Crippen molar-refractivity contribution in [3.05, 3.63) is 204 Å². The molecule has 0 amide bonds. The molecule has 240 valence electrons. The standard InChI is InChI=1S/C50H34O/c1-2-14-36(15-3-1)48-42-21-8-6-19-40(42)46(41-20-7-9-22-43(41)48)32-34-29-27-33(28-30-34)31-37-17-11-25-45-49-44(24-12-26-47(49)51-50(37)45)39-23-10-16-35-13-4-5-18-38(35)39/h1-30H,31-32H2/i27D,28D,29D,30D. The van der Waals surface area contributed by atoms with Crippen LogP contribution in [-0.2, 0) is 12.8 Å². The molecule has 0 atom stereocenters. The Labute approximate surface area is 302 Å². The minimum absolute atomic E-state index is 0.00804. The SMILES string of the molecule is [2H]c1c([2H])c(Cc2cccc3c2oc2cccc(-c4cccc5ccccc45)c23)c([2H])c([2H])c1Cc1c2ccccc2c(-c2ccccc2)c2ccccc12. The maximum absolute atomic E-state index is 9.31. The van der Waals surface area contributed by atoms with Gasteiger partial charge >= 0.3 is 0 Å². The van der Waals surface area contributed by atoms with Crippen molar-refractivity contribution in [2.45, 2.75) is 12.8 Å². The van der Waals surface area contributed by atoms with Gasteiger partial charge in [-0.25, -0.2) is 0 Å². The number of hydrogen-bond acceptors (Lipinski definition) is 1. The van der Waals surface area contributed by atoms with Crippen LogP contribution in [0.3, 0.4) is 0 Å². The van der Waals surface area contributed by atoms with Crippen molar-refractivity contribution in [2.75, 3.05) is 0 Å². The molecule has 0 aliphatic rings. The molecule has 1 aromatic heterocycles. The predicted molar refractivity (Wildman–Crippen MR) is 216 cm³/mol. The van der Waals surface area contributed by atoms with Gasteiger partial charge < -0.3 is 4.42 Å². The van der Waals surface area contributed by atoms with E-state index in [1.807, 2.05) is 54.6 Å². The second-order valence-electron chi connectivity index (χ2n) is 13.2. The number of benzene rings is 9. The molecule has 0 N–H and O–H groups in total. The summed E-state index contributed by atoms with van der Waals surface area (Å²) in [6, 6.07) is 53.9. The highest BCUT2D eigenvalue weighted by Gasteiger charge is 2.18. The van der Waals surface area contributed by atoms with E-state index in [1.165, 1.54) is 10.8 Å². The number of para-hydroxylation sites is 1. The first-order chi connectivity index (χ1) is 27.0. The fourth-order valence-corrected chi connectivity index (χ4v) is 7.96. The first kappa shape index (κ1) is 25.5. The summed E-state index contributed by atoms with van der Waals surface area (Å²) < 4.78 is 43.8. The molecular formula is C50H34O. The average Bonchev–Trinajstić information content (AvgIpc) is 3.63. The molecule has 1 nitrogen and oxygen atoms in total. The summed E-state index contributed by atoms with van der Waals surface area (Å²) >= 11 is 0. The van der Waals surface area contributed by atoms with Gasteiger partial charge in [-0.05, 0) is 89.3 Å². The lowest BCUT2D eigenvalue weighted by atomic mass is 9.86. The van der Waals surface area contributed by atoms with Crippen LogP contribution in [0.15, 0.2) is 186 Å². The lowest BCUT2D eigenvalue weighted by Gasteiger charge is -2.17. The quantitative estimate of drug-likeness (QED) is 0.163. The van der Waals surface area contributed by atoms with Gasteiger partial charge in [-0.1, -0.05) is 176 Å². The zero-order valence-electron chi connectivity index (χ0n) is 31.8. The Hall–Kier alpha value is -6.44. The predicted octanol–water partition coefficient (Wildman–Crippen LogP) is 13.6. The minimum Gasteiger partial charge on any atom is -0.456 e. The lowest BCUT2D eigenvalue weighted by molar-refractivity contribution is 0.664. The molecule has 0 fully saturated rings. The van der Waals surface area contributed by atoms with Crippen molar-refractivity contribution >= 4 is 54.3 Å². The van der Waals surface area contributed by atoms with Gasteiger partial charge in [-0.3, -0.25) is 0 Å². The molecule has 10 rings (SSSR count). The van der Waals surface area contributed by atoms with Crippen molar-refractivity contribution in [3.63, 3.8) is 0 Å². The largest absolute Gasteiger partial charge is 0.456 e. The molecule has 1 heterocycles. The zero-order chi connectivity index (χ0) is 37.2. The lowest BCUT2D eigenvalue weighted by Crippen LogP contribution is -1.96. The molecule has 1 heteroatoms. The van der Waals surface area contributed by atoms with Gasteiger partial charge in [0.15, 0.2) is 0 Å². The third kappa shape index (κ3) is 5.01. The minimum atomic E-state index is -0.0184. The van der Waals surface area contributed by atoms with E-state index in [1.54, 1.807) is 0 Å². The van der Waals surface area contributed by atoms with Crippen LogP contribution in [0.5, 0.6) is 0 Å². The van der Waals surface area contributed by atoms with E-state index in [9.17, 15) is 5.48 Å². The number of rotatable bonds is 6. The number of furan rings is 1. The Bertz CT molecular complexity index is 3050. The maximum atomic E-state index is 9.31. The zero-order valence-corrected chi connectivity index (χ0v) is 27.8. The van der Waals surface area contributed by atoms with E-state index in [4.69, 9.17) is 4.42 Å². The van der Waals surface area contributed by atoms with E-state index >= 15 is 0 Å². The molecule has 51 heavy (non-hydrogen) atoms. The van der Waals surface area contributed by atoms with Crippen molar-refractivity contribution in [2.24, 2.45) is 0 Å². The number of hydrogen-bond donors (Lipinski definition) is 0. The van der Waals surface area contributed by atoms with Crippen LogP contribution in [0.4, 0.5) is 0 Å². The monoisotopic (exact) mass is 654 g/mol. The van der Waals surface area contributed by atoms with Crippen LogP contribution in [-0.4, -0.2) is 0 Å². The van der Waals surface area contributed by atoms with Crippen LogP contribution >= 0.6 is 0 Å². The van der Waals surface area contributed by atoms with Crippen LogP contribution in [0.1, 0.15) is 27.7 Å². The van der Waals surface area contributed by atoms with Gasteiger partial charge in [0.05, 0.1) is 5.48 Å². The van der Waals surface area contributed by atoms with Crippen molar-refractivity contribution in [1.82, 2.24) is 0 Å². The summed E-state index contributed by atoms with van der Waals surface area (Å²) in [5, 5.41) is 8.58. The van der Waals surface area contributed by atoms with E-state index in [2.05, 4.69) is 103 Å². The van der Waals surface area contributed by atoms with Crippen molar-refractivity contribution in [3.8, 4) is 22.3 Å². The van der Waals surface area contributed by atoms with Crippen LogP contribution < -0.4 is 0 Å². The molecule has 0 radical (unpaired) electrons. The second-order valence-corrected chi connectivity index (χ2v) is 13.2. The summed E-state index contributed by atoms with van der Waals surface area (Å²) in [5.74, 6) is 0. The molecule has 9 aromatic carbocycles. The van der Waals surface area contributed by atoms with E-state index < -0.39 is 0 Å². The molecular weight excluding hydrogens is 617 g/mol. The highest BCUT2D eigenvalue weighted by atomic mass is 16.3. The number of fused-ring (bicyclic) bond motifs is 6. The summed E-state index contributed by atoms with van der Waals surface area (Å²) in [4.78, 5) is 0. The van der Waals surface area contributed by atoms with Crippen LogP contribution in [0.2, 0.25) is 0 Å². The Morgan fingerprint density at radius 3 is 1.73 bits per heavy atom. The smallest absolute Gasteiger partial charge is 0.138 e. The highest BCUT2D eigenvalue weighted by molar-refractivity contribution is 6.16. The third-order valence-electron chi connectivity index (χ3n) is 10.2. The van der Waals surface area contributed by atoms with Gasteiger partial charge in [-0.2, -0.15) is 0 Å². The molecule has 0 aliphatic heterocycles. The van der Waals surface area contributed by atoms with Gasteiger partial charge in [0.2, 0.25) is 0 Å². The molecule has 10 aromatic rings. The van der Waals surface area contributed by atoms with Gasteiger partial charge in [0, 0.05) is 17.2 Å². The van der Waals surface area contributed by atoms with Crippen LogP contribution in [0.25, 0.3) is 76.5 Å². The molecule has 0 unspecified atom stereocenters. The van der Waals surface area contributed by atoms with Gasteiger partial charge in [-0.15, -0.1) is 0 Å².